The van der Waals surface area contributed by atoms with Gasteiger partial charge in [-0.25, -0.2) is 4.98 Å². The minimum Gasteiger partial charge on any atom is -0.391 e. The van der Waals surface area contributed by atoms with Crippen molar-refractivity contribution in [3.63, 3.8) is 0 Å². The molecule has 4 N–H and O–H groups in total. The van der Waals surface area contributed by atoms with Crippen molar-refractivity contribution in [2.24, 2.45) is 5.41 Å². The lowest BCUT2D eigenvalue weighted by Crippen LogP contribution is -2.58. The smallest absolute Gasteiger partial charge is 0.246 e. The third-order valence-electron chi connectivity index (χ3n) is 7.26. The fraction of sp³-hybridized carbons (Fsp3) is 0.625. The number of β-amino-alcohol motifs (C(OH)–C–C–N with tert-alkyl or cyclic N) is 1. The van der Waals surface area contributed by atoms with Crippen LogP contribution in [0.3, 0.4) is 0 Å². The van der Waals surface area contributed by atoms with E-state index in [1.165, 1.54) is 4.90 Å². The predicted molar refractivity (Wildman–Crippen MR) is 180 cm³/mol. The van der Waals surface area contributed by atoms with E-state index >= 15 is 0 Å². The molecular formula is C32H49N7O8S. The maximum Gasteiger partial charge on any atom is 0.246 e. The monoisotopic (exact) mass is 691 g/mol. The van der Waals surface area contributed by atoms with E-state index in [1.807, 2.05) is 64.4 Å². The first-order chi connectivity index (χ1) is 22.9. The van der Waals surface area contributed by atoms with E-state index in [4.69, 9.17) is 30.0 Å². The third-order valence-corrected chi connectivity index (χ3v) is 8.24. The number of benzene rings is 1. The molecular weight excluding hydrogens is 642 g/mol. The normalized spacial score (nSPS) is 16.4. The van der Waals surface area contributed by atoms with Crippen LogP contribution in [0, 0.1) is 17.9 Å². The van der Waals surface area contributed by atoms with E-state index in [0.717, 1.165) is 21.7 Å². The molecule has 0 radical (unpaired) electrons. The largest absolute Gasteiger partial charge is 0.391 e. The van der Waals surface area contributed by atoms with Crippen LogP contribution in [0.25, 0.3) is 20.9 Å². The van der Waals surface area contributed by atoms with Gasteiger partial charge in [-0.3, -0.25) is 14.4 Å². The Kier molecular flexibility index (Phi) is 18.0. The Labute approximate surface area is 285 Å². The fourth-order valence-corrected chi connectivity index (χ4v) is 5.66. The van der Waals surface area contributed by atoms with Crippen molar-refractivity contribution >= 4 is 29.1 Å². The molecule has 266 valence electrons. The van der Waals surface area contributed by atoms with Gasteiger partial charge in [0.15, 0.2) is 0 Å². The van der Waals surface area contributed by atoms with Crippen LogP contribution < -0.4 is 10.6 Å². The molecule has 1 saturated heterocycles. The topological polar surface area (TPSA) is 209 Å². The van der Waals surface area contributed by atoms with Gasteiger partial charge < -0.3 is 39.6 Å². The van der Waals surface area contributed by atoms with E-state index in [1.54, 1.807) is 16.2 Å². The number of carbonyl (C=O) groups is 3. The highest BCUT2D eigenvalue weighted by Gasteiger charge is 2.44. The van der Waals surface area contributed by atoms with Gasteiger partial charge in [-0.1, -0.05) is 45.0 Å². The number of ether oxygens (including phenoxy) is 4. The first-order valence-corrected chi connectivity index (χ1v) is 16.7. The molecule has 0 saturated carbocycles. The van der Waals surface area contributed by atoms with Gasteiger partial charge in [0.25, 0.3) is 0 Å². The zero-order valence-corrected chi connectivity index (χ0v) is 29.2. The lowest BCUT2D eigenvalue weighted by atomic mass is 9.85. The van der Waals surface area contributed by atoms with Gasteiger partial charge >= 0.3 is 0 Å². The van der Waals surface area contributed by atoms with Gasteiger partial charge in [0.05, 0.1) is 61.8 Å². The summed E-state index contributed by atoms with van der Waals surface area (Å²) in [5.41, 5.74) is 16.3. The number of aryl methyl sites for hydroxylation is 1. The predicted octanol–water partition coefficient (Wildman–Crippen LogP) is 3.19. The molecule has 1 aromatic heterocycles. The number of carbonyl (C=O) groups excluding carboxylic acids is 3. The Morgan fingerprint density at radius 2 is 1.67 bits per heavy atom. The van der Waals surface area contributed by atoms with Crippen LogP contribution in [0.5, 0.6) is 0 Å². The molecule has 3 rings (SSSR count). The molecule has 0 unspecified atom stereocenters. The van der Waals surface area contributed by atoms with E-state index < -0.39 is 35.4 Å². The van der Waals surface area contributed by atoms with Crippen molar-refractivity contribution in [1.82, 2.24) is 20.5 Å². The summed E-state index contributed by atoms with van der Waals surface area (Å²) < 4.78 is 21.4. The summed E-state index contributed by atoms with van der Waals surface area (Å²) >= 11 is 1.58. The third kappa shape index (κ3) is 13.8. The van der Waals surface area contributed by atoms with Gasteiger partial charge in [-0.05, 0) is 40.8 Å². The molecule has 1 fully saturated rings. The van der Waals surface area contributed by atoms with Gasteiger partial charge in [-0.2, -0.15) is 0 Å². The van der Waals surface area contributed by atoms with E-state index in [9.17, 15) is 19.5 Å². The van der Waals surface area contributed by atoms with Crippen molar-refractivity contribution < 1.29 is 38.4 Å². The molecule has 2 aromatic rings. The molecule has 15 nitrogen and oxygen atoms in total. The summed E-state index contributed by atoms with van der Waals surface area (Å²) in [7, 11) is 0. The van der Waals surface area contributed by atoms with E-state index in [2.05, 4.69) is 15.6 Å². The minimum atomic E-state index is -0.929. The fourth-order valence-electron chi connectivity index (χ4n) is 4.85. The van der Waals surface area contributed by atoms with Crippen molar-refractivity contribution in [1.29, 1.82) is 5.53 Å². The molecule has 1 aliphatic rings. The zero-order valence-electron chi connectivity index (χ0n) is 28.4. The number of rotatable bonds is 18. The molecule has 1 aromatic carbocycles. The van der Waals surface area contributed by atoms with Gasteiger partial charge in [-0.15, -0.1) is 16.9 Å². The Bertz CT molecular complexity index is 1310. The van der Waals surface area contributed by atoms with Crippen molar-refractivity contribution in [3.8, 4) is 10.4 Å². The molecule has 48 heavy (non-hydrogen) atoms. The lowest BCUT2D eigenvalue weighted by Gasteiger charge is -2.35. The van der Waals surface area contributed by atoms with Crippen LogP contribution in [-0.2, 0) is 39.9 Å². The maximum atomic E-state index is 13.7. The molecule has 1 aliphatic heterocycles. The number of nitrogens with zero attached hydrogens (tertiary/aromatic N) is 4. The van der Waals surface area contributed by atoms with Crippen molar-refractivity contribution in [2.75, 3.05) is 59.4 Å². The number of thiazole rings is 1. The van der Waals surface area contributed by atoms with Crippen molar-refractivity contribution in [2.45, 2.75) is 65.8 Å². The molecule has 3 atom stereocenters. The van der Waals surface area contributed by atoms with Gasteiger partial charge in [0.1, 0.15) is 18.7 Å². The number of hydrogen-bond donors (Lipinski definition) is 4. The minimum absolute atomic E-state index is 0.00541. The number of likely N-dealkylation sites (tertiary alicyclic amines) is 1. The molecule has 16 heteroatoms. The van der Waals surface area contributed by atoms with Gasteiger partial charge in [0.2, 0.25) is 17.7 Å². The second-order valence-electron chi connectivity index (χ2n) is 12.0. The van der Waals surface area contributed by atoms with Crippen LogP contribution in [0.15, 0.2) is 29.8 Å². The van der Waals surface area contributed by atoms with Crippen LogP contribution >= 0.6 is 11.3 Å². The standard InChI is InChI=1S/C32H48N4O8S.HN3/c1-6-41-11-12-42-13-14-43-15-16-44-20-27(38)35-29(32(3,4)5)31(40)36-19-25(37)17-26(36)30(39)33-18-23-7-9-24(10-8-23)28-22(2)34-21-45-28;1-3-2/h7-10,21,25-26,29,37H,6,11-20H2,1-5H3,(H,33,39)(H,35,38);1H/t25-,26+,29-;/m1./s1. The first-order valence-electron chi connectivity index (χ1n) is 15.8. The lowest BCUT2D eigenvalue weighted by molar-refractivity contribution is -0.144. The number of aliphatic hydroxyl groups is 1. The molecule has 0 spiro atoms. The van der Waals surface area contributed by atoms with E-state index in [-0.39, 0.29) is 38.6 Å². The number of hydrogen-bond acceptors (Lipinski definition) is 11. The van der Waals surface area contributed by atoms with Crippen molar-refractivity contribution in [3.05, 3.63) is 51.5 Å². The van der Waals surface area contributed by atoms with Crippen LogP contribution in [0.2, 0.25) is 0 Å². The second-order valence-corrected chi connectivity index (χ2v) is 12.9. The number of aromatic nitrogens is 1. The Balaban J connectivity index is 0.00000257. The highest BCUT2D eigenvalue weighted by molar-refractivity contribution is 7.13. The molecule has 2 heterocycles. The summed E-state index contributed by atoms with van der Waals surface area (Å²) in [6, 6.07) is 6.09. The molecule has 3 amide bonds. The average Bonchev–Trinajstić information content (AvgIpc) is 3.66. The number of aliphatic hydroxyl groups excluding tert-OH is 1. The summed E-state index contributed by atoms with van der Waals surface area (Å²) in [6.45, 7) is 12.5. The second kappa shape index (κ2) is 21.4. The summed E-state index contributed by atoms with van der Waals surface area (Å²) in [4.78, 5) is 48.2. The average molecular weight is 692 g/mol. The van der Waals surface area contributed by atoms with Gasteiger partial charge in [0, 0.05) is 26.1 Å². The van der Waals surface area contributed by atoms with Crippen LogP contribution in [0.4, 0.5) is 0 Å². The summed E-state index contributed by atoms with van der Waals surface area (Å²) in [5.74, 6) is -1.24. The number of nitrogens with one attached hydrogen (secondary N) is 3. The Morgan fingerprint density at radius 3 is 2.21 bits per heavy atom. The summed E-state index contributed by atoms with van der Waals surface area (Å²) in [6.07, 6.45) is -0.728. The highest BCUT2D eigenvalue weighted by Crippen LogP contribution is 2.28. The van der Waals surface area contributed by atoms with Crippen LogP contribution in [-0.4, -0.2) is 110 Å². The summed E-state index contributed by atoms with van der Waals surface area (Å²) in [5, 5.41) is 16.1. The SMILES string of the molecule is CCOCCOCCOCCOCC(=O)N[C@H](C(=O)N1C[C@H](O)C[C@H]1C(=O)NCc1ccc(-c2scnc2C)cc1)C(C)(C)C.[N-]=[N+]=N. The maximum absolute atomic E-state index is 13.7. The zero-order chi connectivity index (χ0) is 35.5. The van der Waals surface area contributed by atoms with Crippen LogP contribution in [0.1, 0.15) is 45.4 Å². The molecule has 0 aliphatic carbocycles. The Hall–Kier alpha value is -3.63. The number of amides is 3. The van der Waals surface area contributed by atoms with E-state index in [0.29, 0.717) is 39.6 Å². The first kappa shape index (κ1) is 40.5. The Morgan fingerprint density at radius 1 is 1.08 bits per heavy atom. The molecule has 0 bridgehead atoms. The quantitative estimate of drug-likeness (QED) is 0.0782. The highest BCUT2D eigenvalue weighted by atomic mass is 32.1.